The zero-order valence-electron chi connectivity index (χ0n) is 18.2. The third-order valence-corrected chi connectivity index (χ3v) is 6.95. The molecule has 2 bridgehead atoms. The summed E-state index contributed by atoms with van der Waals surface area (Å²) in [6.07, 6.45) is 2.41. The number of benzene rings is 2. The Labute approximate surface area is 183 Å². The minimum absolute atomic E-state index is 0.119. The molecule has 2 aromatic rings. The van der Waals surface area contributed by atoms with Gasteiger partial charge in [-0.25, -0.2) is 0 Å². The number of para-hydroxylation sites is 1. The largest absolute Gasteiger partial charge is 0.378 e. The van der Waals surface area contributed by atoms with Crippen LogP contribution < -0.4 is 15.5 Å². The van der Waals surface area contributed by atoms with Gasteiger partial charge in [-0.1, -0.05) is 25.1 Å². The highest BCUT2D eigenvalue weighted by Gasteiger charge is 2.40. The van der Waals surface area contributed by atoms with Crippen LogP contribution in [-0.4, -0.2) is 47.9 Å². The van der Waals surface area contributed by atoms with E-state index in [2.05, 4.69) is 23.6 Å². The predicted molar refractivity (Wildman–Crippen MR) is 122 cm³/mol. The molecule has 3 aliphatic rings. The van der Waals surface area contributed by atoms with Crippen molar-refractivity contribution in [3.63, 3.8) is 0 Å². The molecule has 2 N–H and O–H groups in total. The minimum atomic E-state index is 0.119. The van der Waals surface area contributed by atoms with E-state index < -0.39 is 0 Å². The molecule has 2 aromatic carbocycles. The SMILES string of the molecule is CCC(=O)N1c2ccccc2[C@H](Nc2ccc(C(=O)N3CC4CC3CN4)cc2)C[C@@H]1C. The van der Waals surface area contributed by atoms with Crippen molar-refractivity contribution in [3.8, 4) is 0 Å². The summed E-state index contributed by atoms with van der Waals surface area (Å²) in [5, 5.41) is 7.08. The first kappa shape index (κ1) is 20.1. The van der Waals surface area contributed by atoms with Crippen LogP contribution in [0.5, 0.6) is 0 Å². The molecular formula is C25H30N4O2. The number of nitrogens with zero attached hydrogens (tertiary/aromatic N) is 2. The molecule has 162 valence electrons. The number of rotatable bonds is 4. The van der Waals surface area contributed by atoms with Crippen molar-refractivity contribution in [2.75, 3.05) is 23.3 Å². The molecule has 3 heterocycles. The Hall–Kier alpha value is -2.86. The molecule has 0 spiro atoms. The molecule has 5 rings (SSSR count). The van der Waals surface area contributed by atoms with Crippen molar-refractivity contribution in [1.29, 1.82) is 0 Å². The Kier molecular flexibility index (Phi) is 5.18. The Balaban J connectivity index is 1.33. The van der Waals surface area contributed by atoms with Crippen molar-refractivity contribution in [2.45, 2.75) is 57.3 Å². The van der Waals surface area contributed by atoms with Crippen LogP contribution in [0, 0.1) is 0 Å². The molecule has 2 fully saturated rings. The number of hydrogen-bond acceptors (Lipinski definition) is 4. The van der Waals surface area contributed by atoms with E-state index in [-0.39, 0.29) is 23.9 Å². The van der Waals surface area contributed by atoms with E-state index in [9.17, 15) is 9.59 Å². The molecule has 2 amide bonds. The maximum atomic E-state index is 12.9. The monoisotopic (exact) mass is 418 g/mol. The Morgan fingerprint density at radius 2 is 1.87 bits per heavy atom. The Morgan fingerprint density at radius 3 is 2.55 bits per heavy atom. The smallest absolute Gasteiger partial charge is 0.254 e. The first-order valence-corrected chi connectivity index (χ1v) is 11.4. The van der Waals surface area contributed by atoms with Gasteiger partial charge >= 0.3 is 0 Å². The van der Waals surface area contributed by atoms with Crippen molar-refractivity contribution < 1.29 is 9.59 Å². The highest BCUT2D eigenvalue weighted by molar-refractivity contribution is 5.96. The summed E-state index contributed by atoms with van der Waals surface area (Å²) in [6, 6.07) is 17.0. The minimum Gasteiger partial charge on any atom is -0.378 e. The van der Waals surface area contributed by atoms with Crippen LogP contribution >= 0.6 is 0 Å². The first-order valence-electron chi connectivity index (χ1n) is 11.4. The summed E-state index contributed by atoms with van der Waals surface area (Å²) in [5.41, 5.74) is 3.87. The highest BCUT2D eigenvalue weighted by atomic mass is 16.2. The molecule has 6 heteroatoms. The number of hydrogen-bond donors (Lipinski definition) is 2. The molecule has 0 aromatic heterocycles. The summed E-state index contributed by atoms with van der Waals surface area (Å²) < 4.78 is 0. The van der Waals surface area contributed by atoms with Gasteiger partial charge in [0.2, 0.25) is 5.91 Å². The molecule has 4 atom stereocenters. The van der Waals surface area contributed by atoms with Crippen LogP contribution in [0.1, 0.15) is 55.1 Å². The lowest BCUT2D eigenvalue weighted by molar-refractivity contribution is -0.118. The molecule has 2 saturated heterocycles. The normalized spacial score (nSPS) is 26.6. The Bertz CT molecular complexity index is 989. The quantitative estimate of drug-likeness (QED) is 0.797. The van der Waals surface area contributed by atoms with Crippen LogP contribution in [0.2, 0.25) is 0 Å². The van der Waals surface area contributed by atoms with Gasteiger partial charge in [-0.2, -0.15) is 0 Å². The summed E-state index contributed by atoms with van der Waals surface area (Å²) >= 11 is 0. The average Bonchev–Trinajstić information content (AvgIpc) is 3.43. The molecule has 0 saturated carbocycles. The third kappa shape index (κ3) is 3.59. The van der Waals surface area contributed by atoms with Crippen LogP contribution in [0.15, 0.2) is 48.5 Å². The number of carbonyl (C=O) groups excluding carboxylic acids is 2. The second-order valence-electron chi connectivity index (χ2n) is 8.99. The van der Waals surface area contributed by atoms with Gasteiger partial charge in [0.15, 0.2) is 0 Å². The van der Waals surface area contributed by atoms with Crippen molar-refractivity contribution >= 4 is 23.2 Å². The van der Waals surface area contributed by atoms with Crippen molar-refractivity contribution in [3.05, 3.63) is 59.7 Å². The summed E-state index contributed by atoms with van der Waals surface area (Å²) in [6.45, 7) is 5.74. The van der Waals surface area contributed by atoms with Crippen LogP contribution in [0.4, 0.5) is 11.4 Å². The Morgan fingerprint density at radius 1 is 1.10 bits per heavy atom. The fraction of sp³-hybridized carbons (Fsp3) is 0.440. The second-order valence-corrected chi connectivity index (χ2v) is 8.99. The van der Waals surface area contributed by atoms with E-state index in [0.717, 1.165) is 48.4 Å². The van der Waals surface area contributed by atoms with E-state index in [1.807, 2.05) is 59.2 Å². The topological polar surface area (TPSA) is 64.7 Å². The molecule has 3 aliphatic heterocycles. The summed E-state index contributed by atoms with van der Waals surface area (Å²) in [5.74, 6) is 0.290. The van der Waals surface area contributed by atoms with Gasteiger partial charge < -0.3 is 20.4 Å². The first-order chi connectivity index (χ1) is 15.0. The number of carbonyl (C=O) groups is 2. The summed E-state index contributed by atoms with van der Waals surface area (Å²) in [4.78, 5) is 29.4. The van der Waals surface area contributed by atoms with Crippen molar-refractivity contribution in [1.82, 2.24) is 10.2 Å². The number of anilines is 2. The molecular weight excluding hydrogens is 388 g/mol. The lowest BCUT2D eigenvalue weighted by Gasteiger charge is -2.40. The fourth-order valence-corrected chi connectivity index (χ4v) is 5.39. The molecule has 0 radical (unpaired) electrons. The van der Waals surface area contributed by atoms with Crippen LogP contribution in [0.3, 0.4) is 0 Å². The van der Waals surface area contributed by atoms with E-state index in [0.29, 0.717) is 18.5 Å². The maximum Gasteiger partial charge on any atom is 0.254 e. The second kappa shape index (κ2) is 8.00. The van der Waals surface area contributed by atoms with Gasteiger partial charge in [0.05, 0.1) is 6.04 Å². The average molecular weight is 419 g/mol. The lowest BCUT2D eigenvalue weighted by atomic mass is 9.91. The zero-order valence-corrected chi connectivity index (χ0v) is 18.2. The molecule has 2 unspecified atom stereocenters. The van der Waals surface area contributed by atoms with E-state index in [4.69, 9.17) is 0 Å². The van der Waals surface area contributed by atoms with Gasteiger partial charge in [-0.3, -0.25) is 9.59 Å². The number of nitrogens with one attached hydrogen (secondary N) is 2. The third-order valence-electron chi connectivity index (χ3n) is 6.95. The number of likely N-dealkylation sites (tertiary alicyclic amines) is 1. The predicted octanol–water partition coefficient (Wildman–Crippen LogP) is 3.56. The zero-order chi connectivity index (χ0) is 21.5. The standard InChI is InChI=1S/C25H30N4O2/c1-3-24(30)29-16(2)12-22(21-6-4-5-7-23(21)29)27-18-10-8-17(9-11-18)25(31)28-15-19-13-20(28)14-26-19/h4-11,16,19-20,22,26-27H,3,12-15H2,1-2H3/t16-,19?,20?,22+/m0/s1. The van der Waals surface area contributed by atoms with E-state index >= 15 is 0 Å². The molecule has 0 aliphatic carbocycles. The highest BCUT2D eigenvalue weighted by Crippen LogP contribution is 2.39. The van der Waals surface area contributed by atoms with Gasteiger partial charge in [0.25, 0.3) is 5.91 Å². The van der Waals surface area contributed by atoms with Gasteiger partial charge in [0.1, 0.15) is 0 Å². The van der Waals surface area contributed by atoms with Crippen molar-refractivity contribution in [2.24, 2.45) is 0 Å². The number of piperazine rings is 1. The van der Waals surface area contributed by atoms with E-state index in [1.54, 1.807) is 0 Å². The fourth-order valence-electron chi connectivity index (χ4n) is 5.39. The lowest BCUT2D eigenvalue weighted by Crippen LogP contribution is -2.46. The van der Waals surface area contributed by atoms with Gasteiger partial charge in [0, 0.05) is 54.6 Å². The number of amides is 2. The molecule has 6 nitrogen and oxygen atoms in total. The van der Waals surface area contributed by atoms with Crippen LogP contribution in [0.25, 0.3) is 0 Å². The summed E-state index contributed by atoms with van der Waals surface area (Å²) in [7, 11) is 0. The van der Waals surface area contributed by atoms with Gasteiger partial charge in [-0.05, 0) is 55.7 Å². The van der Waals surface area contributed by atoms with E-state index in [1.165, 1.54) is 0 Å². The van der Waals surface area contributed by atoms with Crippen LogP contribution in [-0.2, 0) is 4.79 Å². The number of fused-ring (bicyclic) bond motifs is 3. The molecule has 31 heavy (non-hydrogen) atoms. The van der Waals surface area contributed by atoms with Gasteiger partial charge in [-0.15, -0.1) is 0 Å². The maximum absolute atomic E-state index is 12.9.